The number of nitrogens with zero attached hydrogens (tertiary/aromatic N) is 4. The molecule has 1 saturated heterocycles. The molecule has 2 aliphatic rings. The molecule has 0 saturated carbocycles. The molecule has 2 atom stereocenters. The van der Waals surface area contributed by atoms with Crippen molar-refractivity contribution in [3.8, 4) is 22.8 Å². The van der Waals surface area contributed by atoms with E-state index in [0.717, 1.165) is 17.1 Å². The molecule has 3 aromatic rings. The highest BCUT2D eigenvalue weighted by Crippen LogP contribution is 2.34. The lowest BCUT2D eigenvalue weighted by atomic mass is 10.1. The number of hydrogen-bond donors (Lipinski definition) is 0. The van der Waals surface area contributed by atoms with Crippen molar-refractivity contribution < 1.29 is 14.3 Å². The Balaban J connectivity index is 1.22. The van der Waals surface area contributed by atoms with Gasteiger partial charge in [0.15, 0.2) is 17.3 Å². The van der Waals surface area contributed by atoms with Crippen LogP contribution in [0.5, 0.6) is 11.5 Å². The van der Waals surface area contributed by atoms with Crippen LogP contribution < -0.4 is 14.4 Å². The van der Waals surface area contributed by atoms with Gasteiger partial charge in [0.05, 0.1) is 5.69 Å². The minimum Gasteiger partial charge on any atom is -0.482 e. The summed E-state index contributed by atoms with van der Waals surface area (Å²) in [5, 5.41) is 8.88. The summed E-state index contributed by atoms with van der Waals surface area (Å²) >= 11 is 0. The largest absolute Gasteiger partial charge is 0.482 e. The first-order valence-electron chi connectivity index (χ1n) is 11.0. The van der Waals surface area contributed by atoms with Gasteiger partial charge in [0.25, 0.3) is 5.91 Å². The molecule has 2 aliphatic heterocycles. The number of carbonyl (C=O) groups excluding carboxylic acids is 1. The molecule has 0 aliphatic carbocycles. The van der Waals surface area contributed by atoms with E-state index in [4.69, 9.17) is 9.47 Å². The van der Waals surface area contributed by atoms with Crippen LogP contribution >= 0.6 is 0 Å². The molecule has 32 heavy (non-hydrogen) atoms. The van der Waals surface area contributed by atoms with Gasteiger partial charge in [-0.05, 0) is 43.7 Å². The van der Waals surface area contributed by atoms with Gasteiger partial charge in [0, 0.05) is 31.7 Å². The van der Waals surface area contributed by atoms with Crippen LogP contribution in [0.25, 0.3) is 11.3 Å². The molecule has 7 heteroatoms. The zero-order valence-electron chi connectivity index (χ0n) is 18.3. The number of ether oxygens (including phenoxy) is 2. The summed E-state index contributed by atoms with van der Waals surface area (Å²) < 4.78 is 11.9. The standard InChI is InChI=1S/C25H26N4O3/c1-17-7-3-4-8-19(17)20-11-12-23(27-26-20)28-13-15-29(16-14-28)25(30)24-18(2)31-21-9-5-6-10-22(21)32-24/h3-12,18,24H,13-16H2,1-2H3. The molecule has 0 radical (unpaired) electrons. The van der Waals surface area contributed by atoms with E-state index >= 15 is 0 Å². The Morgan fingerprint density at radius 3 is 2.25 bits per heavy atom. The minimum atomic E-state index is -0.635. The van der Waals surface area contributed by atoms with Gasteiger partial charge >= 0.3 is 0 Å². The first-order chi connectivity index (χ1) is 15.6. The molecule has 1 amide bonds. The predicted octanol–water partition coefficient (Wildman–Crippen LogP) is 3.33. The van der Waals surface area contributed by atoms with Gasteiger partial charge < -0.3 is 19.3 Å². The quantitative estimate of drug-likeness (QED) is 0.635. The number of anilines is 1. The second-order valence-corrected chi connectivity index (χ2v) is 8.21. The molecule has 3 heterocycles. The number of benzene rings is 2. The molecule has 0 spiro atoms. The van der Waals surface area contributed by atoms with Crippen molar-refractivity contribution in [2.45, 2.75) is 26.1 Å². The van der Waals surface area contributed by atoms with Crippen LogP contribution in [0.2, 0.25) is 0 Å². The zero-order chi connectivity index (χ0) is 22.1. The Morgan fingerprint density at radius 2 is 1.56 bits per heavy atom. The third-order valence-corrected chi connectivity index (χ3v) is 6.07. The van der Waals surface area contributed by atoms with E-state index in [-0.39, 0.29) is 12.0 Å². The molecule has 2 aromatic carbocycles. The summed E-state index contributed by atoms with van der Waals surface area (Å²) in [6.45, 7) is 6.55. The van der Waals surface area contributed by atoms with E-state index in [1.807, 2.05) is 60.4 Å². The van der Waals surface area contributed by atoms with Crippen LogP contribution in [-0.4, -0.2) is 59.4 Å². The van der Waals surface area contributed by atoms with Crippen LogP contribution in [-0.2, 0) is 4.79 Å². The zero-order valence-corrected chi connectivity index (χ0v) is 18.3. The maximum Gasteiger partial charge on any atom is 0.267 e. The van der Waals surface area contributed by atoms with E-state index in [9.17, 15) is 4.79 Å². The first kappa shape index (κ1) is 20.3. The fourth-order valence-electron chi connectivity index (χ4n) is 4.22. The number of carbonyl (C=O) groups is 1. The third kappa shape index (κ3) is 3.86. The van der Waals surface area contributed by atoms with Crippen molar-refractivity contribution in [2.75, 3.05) is 31.1 Å². The number of aromatic nitrogens is 2. The molecule has 1 fully saturated rings. The summed E-state index contributed by atoms with van der Waals surface area (Å²) in [4.78, 5) is 17.1. The van der Waals surface area contributed by atoms with Crippen molar-refractivity contribution in [1.29, 1.82) is 0 Å². The van der Waals surface area contributed by atoms with E-state index in [0.29, 0.717) is 37.7 Å². The van der Waals surface area contributed by atoms with Crippen molar-refractivity contribution >= 4 is 11.7 Å². The Morgan fingerprint density at radius 1 is 0.875 bits per heavy atom. The smallest absolute Gasteiger partial charge is 0.267 e. The van der Waals surface area contributed by atoms with Crippen LogP contribution in [0.1, 0.15) is 12.5 Å². The van der Waals surface area contributed by atoms with Crippen LogP contribution in [0, 0.1) is 6.92 Å². The number of amides is 1. The number of piperazine rings is 1. The van der Waals surface area contributed by atoms with Gasteiger partial charge in [0.1, 0.15) is 6.10 Å². The predicted molar refractivity (Wildman–Crippen MR) is 122 cm³/mol. The minimum absolute atomic E-state index is 0.0346. The fraction of sp³-hybridized carbons (Fsp3) is 0.320. The lowest BCUT2D eigenvalue weighted by molar-refractivity contribution is -0.144. The summed E-state index contributed by atoms with van der Waals surface area (Å²) in [7, 11) is 0. The molecular weight excluding hydrogens is 404 g/mol. The van der Waals surface area contributed by atoms with Crippen LogP contribution in [0.4, 0.5) is 5.82 Å². The molecule has 0 N–H and O–H groups in total. The van der Waals surface area contributed by atoms with Gasteiger partial charge in [-0.2, -0.15) is 0 Å². The number of rotatable bonds is 3. The van der Waals surface area contributed by atoms with Gasteiger partial charge in [-0.25, -0.2) is 0 Å². The fourth-order valence-corrected chi connectivity index (χ4v) is 4.22. The highest BCUT2D eigenvalue weighted by molar-refractivity contribution is 5.82. The monoisotopic (exact) mass is 430 g/mol. The summed E-state index contributed by atoms with van der Waals surface area (Å²) in [6.07, 6.45) is -0.972. The van der Waals surface area contributed by atoms with Gasteiger partial charge in [-0.15, -0.1) is 10.2 Å². The Kier molecular flexibility index (Phi) is 5.39. The Labute approximate surface area is 187 Å². The van der Waals surface area contributed by atoms with E-state index in [1.165, 1.54) is 5.56 Å². The van der Waals surface area contributed by atoms with Crippen molar-refractivity contribution in [3.63, 3.8) is 0 Å². The Hall–Kier alpha value is -3.61. The molecule has 0 bridgehead atoms. The Bertz CT molecular complexity index is 1110. The topological polar surface area (TPSA) is 67.8 Å². The molecule has 7 nitrogen and oxygen atoms in total. The average molecular weight is 431 g/mol. The summed E-state index contributed by atoms with van der Waals surface area (Å²) in [6, 6.07) is 19.6. The van der Waals surface area contributed by atoms with Crippen molar-refractivity contribution in [3.05, 3.63) is 66.2 Å². The van der Waals surface area contributed by atoms with E-state index in [2.05, 4.69) is 34.2 Å². The highest BCUT2D eigenvalue weighted by Gasteiger charge is 2.37. The van der Waals surface area contributed by atoms with Crippen molar-refractivity contribution in [2.24, 2.45) is 0 Å². The second-order valence-electron chi connectivity index (χ2n) is 8.21. The van der Waals surface area contributed by atoms with Crippen molar-refractivity contribution in [1.82, 2.24) is 15.1 Å². The second kappa shape index (κ2) is 8.49. The maximum absolute atomic E-state index is 13.1. The van der Waals surface area contributed by atoms with Crippen LogP contribution in [0.15, 0.2) is 60.7 Å². The lowest BCUT2D eigenvalue weighted by Crippen LogP contribution is -2.56. The molecule has 5 rings (SSSR count). The van der Waals surface area contributed by atoms with Gasteiger partial charge in [-0.1, -0.05) is 36.4 Å². The summed E-state index contributed by atoms with van der Waals surface area (Å²) in [5.74, 6) is 2.09. The average Bonchev–Trinajstić information content (AvgIpc) is 2.84. The number of fused-ring (bicyclic) bond motifs is 1. The normalized spacial score (nSPS) is 20.2. The molecule has 164 valence electrons. The number of hydrogen-bond acceptors (Lipinski definition) is 6. The maximum atomic E-state index is 13.1. The number of para-hydroxylation sites is 2. The molecule has 1 aromatic heterocycles. The highest BCUT2D eigenvalue weighted by atomic mass is 16.6. The first-order valence-corrected chi connectivity index (χ1v) is 11.0. The van der Waals surface area contributed by atoms with Gasteiger partial charge in [0.2, 0.25) is 6.10 Å². The lowest BCUT2D eigenvalue weighted by Gasteiger charge is -2.39. The molecule has 2 unspecified atom stereocenters. The van der Waals surface area contributed by atoms with E-state index in [1.54, 1.807) is 0 Å². The SMILES string of the molecule is Cc1ccccc1-c1ccc(N2CCN(C(=O)C3Oc4ccccc4OC3C)CC2)nn1. The summed E-state index contributed by atoms with van der Waals surface area (Å²) in [5.41, 5.74) is 3.13. The number of aryl methyl sites for hydroxylation is 1. The third-order valence-electron chi connectivity index (χ3n) is 6.07. The van der Waals surface area contributed by atoms with E-state index < -0.39 is 6.10 Å². The molecular formula is C25H26N4O3. The van der Waals surface area contributed by atoms with Crippen LogP contribution in [0.3, 0.4) is 0 Å². The van der Waals surface area contributed by atoms with Gasteiger partial charge in [-0.3, -0.25) is 4.79 Å².